The van der Waals surface area contributed by atoms with Crippen LogP contribution in [0.3, 0.4) is 0 Å². The topological polar surface area (TPSA) is 18.5 Å². The average Bonchev–Trinajstić information content (AvgIpc) is 3.03. The van der Waals surface area contributed by atoms with Gasteiger partial charge < -0.3 is 0 Å². The van der Waals surface area contributed by atoms with Crippen LogP contribution in [0, 0.1) is 0 Å². The van der Waals surface area contributed by atoms with Gasteiger partial charge >= 0.3 is 317 Å². The molecule has 1 aromatic rings. The first kappa shape index (κ1) is 46.8. The van der Waals surface area contributed by atoms with Gasteiger partial charge in [0.25, 0.3) is 0 Å². The van der Waals surface area contributed by atoms with Crippen LogP contribution in [0.4, 0.5) is 0 Å². The van der Waals surface area contributed by atoms with Gasteiger partial charge in [0.2, 0.25) is 0 Å². The molecule has 0 aliphatic carbocycles. The van der Waals surface area contributed by atoms with Gasteiger partial charge in [0.1, 0.15) is 0 Å². The second-order valence-corrected chi connectivity index (χ2v) is 41.7. The molecule has 0 unspecified atom stereocenters. The minimum atomic E-state index is -2.89. The second-order valence-electron chi connectivity index (χ2n) is 17.7. The molecule has 2 nitrogen and oxygen atoms in total. The molecule has 0 saturated carbocycles. The molecule has 0 fully saturated rings. The van der Waals surface area contributed by atoms with E-state index in [0.29, 0.717) is 39.2 Å². The summed E-state index contributed by atoms with van der Waals surface area (Å²) in [5.74, 6) is 2.81. The van der Waals surface area contributed by atoms with Crippen molar-refractivity contribution in [2.24, 2.45) is 0 Å². The van der Waals surface area contributed by atoms with E-state index in [0.717, 1.165) is 12.8 Å². The molecule has 1 atom stereocenters. The van der Waals surface area contributed by atoms with Gasteiger partial charge in [0.15, 0.2) is 0 Å². The molecule has 0 saturated heterocycles. The summed E-state index contributed by atoms with van der Waals surface area (Å²) in [4.78, 5) is 0. The Bertz CT molecular complexity index is 956. The Morgan fingerprint density at radius 1 is 0.571 bits per heavy atom. The van der Waals surface area contributed by atoms with Crippen LogP contribution in [0.15, 0.2) is 24.8 Å². The zero-order chi connectivity index (χ0) is 37.6. The summed E-state index contributed by atoms with van der Waals surface area (Å²) < 4.78 is 22.0. The normalized spacial score (nSPS) is 13.8. The van der Waals surface area contributed by atoms with E-state index < -0.39 is 35.0 Å². The molecule has 5 heteroatoms. The molecule has 286 valence electrons. The van der Waals surface area contributed by atoms with Crippen molar-refractivity contribution < 1.29 is 8.85 Å². The number of hydrogen-bond acceptors (Lipinski definition) is 2. The van der Waals surface area contributed by atoms with E-state index in [9.17, 15) is 0 Å². The summed E-state index contributed by atoms with van der Waals surface area (Å²) in [5.41, 5.74) is 4.52. The Hall–Kier alpha value is -0.208. The quantitative estimate of drug-likeness (QED) is 0.0685. The van der Waals surface area contributed by atoms with Crippen LogP contribution < -0.4 is 12.4 Å². The number of benzene rings is 1. The van der Waals surface area contributed by atoms with Gasteiger partial charge in [0.05, 0.1) is 0 Å². The Morgan fingerprint density at radius 2 is 0.898 bits per heavy atom. The fourth-order valence-corrected chi connectivity index (χ4v) is 36.4. The minimum absolute atomic E-state index is 0.361. The summed E-state index contributed by atoms with van der Waals surface area (Å²) >= 11 is -2.89. The summed E-state index contributed by atoms with van der Waals surface area (Å²) in [6.45, 7) is 43.3. The average molecular weight is 822 g/mol. The Labute approximate surface area is 314 Å². The van der Waals surface area contributed by atoms with Crippen molar-refractivity contribution in [1.82, 2.24) is 0 Å². The van der Waals surface area contributed by atoms with Crippen molar-refractivity contribution in [2.45, 2.75) is 227 Å². The third kappa shape index (κ3) is 11.4. The number of allylic oxidation sites excluding steroid dienone is 1. The van der Waals surface area contributed by atoms with E-state index in [-0.39, 0.29) is 0 Å². The van der Waals surface area contributed by atoms with Gasteiger partial charge in [-0.3, -0.25) is 0 Å². The molecule has 0 N–H and O–H groups in total. The zero-order valence-corrected chi connectivity index (χ0v) is 40.8. The van der Waals surface area contributed by atoms with E-state index in [4.69, 9.17) is 8.85 Å². The maximum atomic E-state index is 7.98. The van der Waals surface area contributed by atoms with Crippen molar-refractivity contribution in [1.29, 1.82) is 0 Å². The van der Waals surface area contributed by atoms with Crippen molar-refractivity contribution in [3.05, 3.63) is 30.4 Å². The Balaban J connectivity index is 4.65. The fourth-order valence-electron chi connectivity index (χ4n) is 9.95. The molecule has 0 aliphatic heterocycles. The standard InChI is InChI=1S/C32H59O2Si2.3C4H9.Sn/c1-15-17-20-29(19-16-2)32-30(33-35(23(3)4,24(5)6)25(7)8)21-18-22-31(32)34-36(26(9)10,27(11)12)28(13)14;3*1-3-4-2;/h16,21-29H,2,15,17,19-20H2,1,3-14H3;3*1,3-4H2,2H3;/t29-;;;;/m0..../s1. The molecule has 0 radical (unpaired) electrons. The summed E-state index contributed by atoms with van der Waals surface area (Å²) in [6, 6.07) is 5.39. The number of rotatable bonds is 26. The Kier molecular flexibility index (Phi) is 21.1. The first-order chi connectivity index (χ1) is 23.0. The molecular weight excluding hydrogens is 735 g/mol. The third-order valence-electron chi connectivity index (χ3n) is 12.5. The van der Waals surface area contributed by atoms with E-state index in [1.807, 2.05) is 0 Å². The van der Waals surface area contributed by atoms with Crippen LogP contribution in [-0.4, -0.2) is 35.0 Å². The molecular formula is C44H86O2Si2Sn. The van der Waals surface area contributed by atoms with Crippen molar-refractivity contribution in [3.63, 3.8) is 0 Å². The third-order valence-corrected chi connectivity index (χ3v) is 40.0. The van der Waals surface area contributed by atoms with Crippen LogP contribution in [0.2, 0.25) is 46.6 Å². The maximum absolute atomic E-state index is 7.98. The van der Waals surface area contributed by atoms with Crippen LogP contribution in [0.25, 0.3) is 0 Å². The van der Waals surface area contributed by atoms with E-state index >= 15 is 0 Å². The molecule has 0 bridgehead atoms. The van der Waals surface area contributed by atoms with Crippen LogP contribution in [0.5, 0.6) is 11.5 Å². The molecule has 0 amide bonds. The first-order valence-electron chi connectivity index (χ1n) is 21.2. The summed E-state index contributed by atoms with van der Waals surface area (Å²) in [6.07, 6.45) is 14.7. The van der Waals surface area contributed by atoms with Crippen LogP contribution >= 0.6 is 0 Å². The monoisotopic (exact) mass is 823 g/mol. The molecule has 49 heavy (non-hydrogen) atoms. The molecule has 1 rings (SSSR count). The molecule has 1 aromatic carbocycles. The zero-order valence-electron chi connectivity index (χ0n) is 36.0. The second kappa shape index (κ2) is 22.1. The van der Waals surface area contributed by atoms with Gasteiger partial charge in [-0.15, -0.1) is 0 Å². The van der Waals surface area contributed by atoms with Crippen LogP contribution in [0.1, 0.15) is 186 Å². The van der Waals surface area contributed by atoms with E-state index in [2.05, 4.69) is 136 Å². The molecule has 0 spiro atoms. The van der Waals surface area contributed by atoms with Crippen molar-refractivity contribution in [3.8, 4) is 11.5 Å². The van der Waals surface area contributed by atoms with E-state index in [1.54, 1.807) is 3.58 Å². The van der Waals surface area contributed by atoms with Crippen LogP contribution in [-0.2, 0) is 0 Å². The van der Waals surface area contributed by atoms with Gasteiger partial charge in [-0.2, -0.15) is 0 Å². The number of hydrogen-bond donors (Lipinski definition) is 0. The Morgan fingerprint density at radius 3 is 1.16 bits per heavy atom. The van der Waals surface area contributed by atoms with Gasteiger partial charge in [0, 0.05) is 0 Å². The SMILES string of the molecule is C=CC[C@@H](CCCC)c1c(O[Si](C(C)C)(C(C)C)C(C)C)c[c]([Sn]([CH2]CCC)([CH2]CCC)[CH2]CCC)cc1O[Si](C(C)C)(C(C)C)C(C)C. The molecule has 0 heterocycles. The molecule has 0 aromatic heterocycles. The first-order valence-corrected chi connectivity index (χ1v) is 33.0. The van der Waals surface area contributed by atoms with Gasteiger partial charge in [-0.05, 0) is 0 Å². The number of unbranched alkanes of at least 4 members (excludes halogenated alkanes) is 4. The summed E-state index contributed by atoms with van der Waals surface area (Å²) in [5, 5.41) is 0. The van der Waals surface area contributed by atoms with E-state index in [1.165, 1.54) is 81.7 Å². The predicted octanol–water partition coefficient (Wildman–Crippen LogP) is 15.7. The fraction of sp³-hybridized carbons (Fsp3) is 0.818. The predicted molar refractivity (Wildman–Crippen MR) is 231 cm³/mol. The van der Waals surface area contributed by atoms with Gasteiger partial charge in [-0.1, -0.05) is 0 Å². The molecule has 0 aliphatic rings. The van der Waals surface area contributed by atoms with Crippen molar-refractivity contribution >= 4 is 38.6 Å². The van der Waals surface area contributed by atoms with Crippen molar-refractivity contribution in [2.75, 3.05) is 0 Å². The summed E-state index contributed by atoms with van der Waals surface area (Å²) in [7, 11) is -4.50. The van der Waals surface area contributed by atoms with Gasteiger partial charge in [-0.25, -0.2) is 0 Å².